The van der Waals surface area contributed by atoms with Gasteiger partial charge in [-0.25, -0.2) is 4.98 Å². The Kier molecular flexibility index (Phi) is 2.84. The van der Waals surface area contributed by atoms with Gasteiger partial charge in [-0.1, -0.05) is 0 Å². The van der Waals surface area contributed by atoms with Gasteiger partial charge in [0.15, 0.2) is 0 Å². The van der Waals surface area contributed by atoms with Crippen LogP contribution in [0.4, 0.5) is 0 Å². The molecule has 1 aliphatic heterocycles. The molecule has 1 saturated heterocycles. The Hall–Kier alpha value is -0.870. The van der Waals surface area contributed by atoms with E-state index in [1.54, 1.807) is 6.33 Å². The number of aromatic nitrogens is 2. The highest BCUT2D eigenvalue weighted by molar-refractivity contribution is 5.02. The lowest BCUT2D eigenvalue weighted by Crippen LogP contribution is -2.43. The molecule has 2 unspecified atom stereocenters. The summed E-state index contributed by atoms with van der Waals surface area (Å²) in [4.78, 5) is 9.62. The molecule has 0 amide bonds. The van der Waals surface area contributed by atoms with E-state index in [4.69, 9.17) is 5.73 Å². The summed E-state index contributed by atoms with van der Waals surface area (Å²) in [6.45, 7) is 4.35. The first-order valence-corrected chi connectivity index (χ1v) is 5.25. The molecule has 3 N–H and O–H groups in total. The van der Waals surface area contributed by atoms with E-state index in [-0.39, 0.29) is 0 Å². The topological polar surface area (TPSA) is 57.9 Å². The summed E-state index contributed by atoms with van der Waals surface area (Å²) in [6.07, 6.45) is 5.99. The summed E-state index contributed by atoms with van der Waals surface area (Å²) in [6, 6.07) is 0.748. The van der Waals surface area contributed by atoms with Gasteiger partial charge < -0.3 is 10.7 Å². The molecule has 0 bridgehead atoms. The number of aromatic amines is 1. The second-order valence-corrected chi connectivity index (χ2v) is 4.08. The second kappa shape index (κ2) is 4.11. The number of H-pyrrole nitrogens is 1. The molecule has 1 aromatic rings. The van der Waals surface area contributed by atoms with Crippen molar-refractivity contribution in [1.29, 1.82) is 0 Å². The Morgan fingerprint density at radius 2 is 2.57 bits per heavy atom. The zero-order chi connectivity index (χ0) is 9.97. The van der Waals surface area contributed by atoms with Crippen molar-refractivity contribution in [2.45, 2.75) is 31.8 Å². The quantitative estimate of drug-likeness (QED) is 0.735. The highest BCUT2D eigenvalue weighted by Gasteiger charge is 2.22. The molecule has 4 nitrogen and oxygen atoms in total. The Labute approximate surface area is 84.5 Å². The summed E-state index contributed by atoms with van der Waals surface area (Å²) in [5.74, 6) is 0. The number of rotatable bonds is 2. The summed E-state index contributed by atoms with van der Waals surface area (Å²) < 4.78 is 0. The Morgan fingerprint density at radius 3 is 3.21 bits per heavy atom. The second-order valence-electron chi connectivity index (χ2n) is 4.08. The lowest BCUT2D eigenvalue weighted by Gasteiger charge is -2.34. The lowest BCUT2D eigenvalue weighted by molar-refractivity contribution is 0.157. The largest absolute Gasteiger partial charge is 0.347 e. The summed E-state index contributed by atoms with van der Waals surface area (Å²) in [5, 5.41) is 0. The normalized spacial score (nSPS) is 26.3. The minimum atomic E-state index is 0.342. The van der Waals surface area contributed by atoms with Gasteiger partial charge >= 0.3 is 0 Å². The molecule has 1 fully saturated rings. The van der Waals surface area contributed by atoms with Crippen molar-refractivity contribution in [3.63, 3.8) is 0 Å². The van der Waals surface area contributed by atoms with Crippen molar-refractivity contribution < 1.29 is 0 Å². The Balaban J connectivity index is 2.00. The zero-order valence-electron chi connectivity index (χ0n) is 8.61. The molecule has 1 aliphatic rings. The van der Waals surface area contributed by atoms with Gasteiger partial charge in [-0.3, -0.25) is 4.90 Å². The van der Waals surface area contributed by atoms with Crippen LogP contribution in [0.1, 0.15) is 31.5 Å². The van der Waals surface area contributed by atoms with Crippen LogP contribution < -0.4 is 5.73 Å². The van der Waals surface area contributed by atoms with Gasteiger partial charge in [0.05, 0.1) is 12.0 Å². The smallest absolute Gasteiger partial charge is 0.0922 e. The van der Waals surface area contributed by atoms with Crippen molar-refractivity contribution in [2.24, 2.45) is 5.73 Å². The van der Waals surface area contributed by atoms with E-state index in [0.29, 0.717) is 12.1 Å². The van der Waals surface area contributed by atoms with E-state index in [0.717, 1.165) is 19.5 Å². The fourth-order valence-corrected chi connectivity index (χ4v) is 2.08. The van der Waals surface area contributed by atoms with E-state index in [1.807, 2.05) is 6.20 Å². The van der Waals surface area contributed by atoms with Gasteiger partial charge in [-0.15, -0.1) is 0 Å². The number of hydrogen-bond acceptors (Lipinski definition) is 3. The minimum Gasteiger partial charge on any atom is -0.347 e. The molecule has 2 heterocycles. The van der Waals surface area contributed by atoms with E-state index in [9.17, 15) is 0 Å². The third-order valence-corrected chi connectivity index (χ3v) is 3.01. The first-order chi connectivity index (χ1) is 6.77. The van der Waals surface area contributed by atoms with Crippen LogP contribution in [0.5, 0.6) is 0 Å². The number of imidazole rings is 1. The van der Waals surface area contributed by atoms with E-state index >= 15 is 0 Å². The average Bonchev–Trinajstić information content (AvgIpc) is 2.69. The molecule has 1 aromatic heterocycles. The van der Waals surface area contributed by atoms with Crippen LogP contribution in [0.15, 0.2) is 12.5 Å². The maximum Gasteiger partial charge on any atom is 0.0922 e. The van der Waals surface area contributed by atoms with Crippen molar-refractivity contribution in [2.75, 3.05) is 13.1 Å². The van der Waals surface area contributed by atoms with Gasteiger partial charge in [0.1, 0.15) is 0 Å². The average molecular weight is 194 g/mol. The van der Waals surface area contributed by atoms with E-state index in [1.165, 1.54) is 12.1 Å². The number of nitrogens with one attached hydrogen (secondary N) is 1. The number of nitrogens with zero attached hydrogens (tertiary/aromatic N) is 2. The van der Waals surface area contributed by atoms with Crippen molar-refractivity contribution in [3.05, 3.63) is 18.2 Å². The molecule has 14 heavy (non-hydrogen) atoms. The molecule has 2 rings (SSSR count). The van der Waals surface area contributed by atoms with Crippen LogP contribution in [-0.2, 0) is 0 Å². The van der Waals surface area contributed by atoms with Crippen LogP contribution in [0.2, 0.25) is 0 Å². The van der Waals surface area contributed by atoms with Crippen LogP contribution >= 0.6 is 0 Å². The SMILES string of the molecule is CC(c1cnc[nH]1)N1CCCC(N)C1. The predicted molar refractivity (Wildman–Crippen MR) is 55.8 cm³/mol. The number of piperidine rings is 1. The summed E-state index contributed by atoms with van der Waals surface area (Å²) >= 11 is 0. The fraction of sp³-hybridized carbons (Fsp3) is 0.700. The number of nitrogens with two attached hydrogens (primary N) is 1. The van der Waals surface area contributed by atoms with Gasteiger partial charge in [-0.05, 0) is 26.3 Å². The van der Waals surface area contributed by atoms with Crippen LogP contribution in [-0.4, -0.2) is 34.0 Å². The molecule has 0 saturated carbocycles. The zero-order valence-corrected chi connectivity index (χ0v) is 8.61. The van der Waals surface area contributed by atoms with Gasteiger partial charge in [0, 0.05) is 24.8 Å². The Morgan fingerprint density at radius 1 is 1.71 bits per heavy atom. The van der Waals surface area contributed by atoms with Crippen LogP contribution in [0, 0.1) is 0 Å². The van der Waals surface area contributed by atoms with E-state index < -0.39 is 0 Å². The molecule has 4 heteroatoms. The molecule has 0 radical (unpaired) electrons. The first kappa shape index (κ1) is 9.68. The van der Waals surface area contributed by atoms with Gasteiger partial charge in [-0.2, -0.15) is 0 Å². The van der Waals surface area contributed by atoms with E-state index in [2.05, 4.69) is 21.8 Å². The third-order valence-electron chi connectivity index (χ3n) is 3.01. The molecular formula is C10H18N4. The van der Waals surface area contributed by atoms with Crippen molar-refractivity contribution in [1.82, 2.24) is 14.9 Å². The third kappa shape index (κ3) is 1.96. The molecule has 78 valence electrons. The predicted octanol–water partition coefficient (Wildman–Crippen LogP) is 0.894. The highest BCUT2D eigenvalue weighted by atomic mass is 15.2. The van der Waals surface area contributed by atoms with Crippen molar-refractivity contribution >= 4 is 0 Å². The number of hydrogen-bond donors (Lipinski definition) is 2. The maximum absolute atomic E-state index is 5.95. The molecule has 0 aliphatic carbocycles. The molecule has 0 spiro atoms. The van der Waals surface area contributed by atoms with Gasteiger partial charge in [0.25, 0.3) is 0 Å². The highest BCUT2D eigenvalue weighted by Crippen LogP contribution is 2.21. The maximum atomic E-state index is 5.95. The minimum absolute atomic E-state index is 0.342. The molecule has 0 aromatic carbocycles. The fourth-order valence-electron chi connectivity index (χ4n) is 2.08. The van der Waals surface area contributed by atoms with Crippen molar-refractivity contribution in [3.8, 4) is 0 Å². The standard InChI is InChI=1S/C10H18N4/c1-8(10-5-12-7-13-10)14-4-2-3-9(11)6-14/h5,7-9H,2-4,6,11H2,1H3,(H,12,13). The summed E-state index contributed by atoms with van der Waals surface area (Å²) in [5.41, 5.74) is 7.13. The lowest BCUT2D eigenvalue weighted by atomic mass is 10.0. The molecule has 2 atom stereocenters. The van der Waals surface area contributed by atoms with Crippen LogP contribution in [0.25, 0.3) is 0 Å². The van der Waals surface area contributed by atoms with Gasteiger partial charge in [0.2, 0.25) is 0 Å². The number of likely N-dealkylation sites (tertiary alicyclic amines) is 1. The van der Waals surface area contributed by atoms with Crippen LogP contribution in [0.3, 0.4) is 0 Å². The Bertz CT molecular complexity index is 270. The molecular weight excluding hydrogens is 176 g/mol. The summed E-state index contributed by atoms with van der Waals surface area (Å²) in [7, 11) is 0. The monoisotopic (exact) mass is 194 g/mol. The first-order valence-electron chi connectivity index (χ1n) is 5.25.